The van der Waals surface area contributed by atoms with Crippen molar-refractivity contribution in [3.05, 3.63) is 46.7 Å². The number of hydrogen-bond donors (Lipinski definition) is 1. The van der Waals surface area contributed by atoms with Crippen LogP contribution in [0.25, 0.3) is 11.0 Å². The molecule has 5 heteroatoms. The molecule has 0 unspecified atom stereocenters. The van der Waals surface area contributed by atoms with Crippen LogP contribution in [-0.2, 0) is 0 Å². The number of thiophene rings is 1. The molecule has 17 heavy (non-hydrogen) atoms. The third-order valence-corrected chi connectivity index (χ3v) is 3.21. The van der Waals surface area contributed by atoms with E-state index in [2.05, 4.69) is 10.1 Å². The van der Waals surface area contributed by atoms with Gasteiger partial charge in [-0.3, -0.25) is 0 Å². The molecule has 0 aliphatic carbocycles. The number of rotatable bonds is 2. The lowest BCUT2D eigenvalue weighted by Gasteiger charge is -1.96. The van der Waals surface area contributed by atoms with Crippen molar-refractivity contribution in [1.29, 1.82) is 0 Å². The summed E-state index contributed by atoms with van der Waals surface area (Å²) in [5, 5.41) is 6.36. The minimum Gasteiger partial charge on any atom is -0.368 e. The maximum absolute atomic E-state index is 5.83. The quantitative estimate of drug-likeness (QED) is 0.702. The number of imidazole rings is 1. The number of anilines is 1. The first-order chi connectivity index (χ1) is 8.34. The van der Waals surface area contributed by atoms with E-state index in [0.717, 1.165) is 15.9 Å². The lowest BCUT2D eigenvalue weighted by molar-refractivity contribution is 0.932. The van der Waals surface area contributed by atoms with Crippen LogP contribution in [0, 0.1) is 0 Å². The molecule has 3 aromatic rings. The Bertz CT molecular complexity index is 667. The predicted octanol–water partition coefficient (Wildman–Crippen LogP) is 2.56. The smallest absolute Gasteiger partial charge is 0.222 e. The minimum absolute atomic E-state index is 0.402. The number of para-hydroxylation sites is 2. The zero-order valence-corrected chi connectivity index (χ0v) is 9.76. The van der Waals surface area contributed by atoms with Crippen LogP contribution in [0.5, 0.6) is 0 Å². The topological polar surface area (TPSA) is 56.2 Å². The van der Waals surface area contributed by atoms with E-state index in [1.54, 1.807) is 22.2 Å². The molecule has 2 N–H and O–H groups in total. The molecule has 0 spiro atoms. The van der Waals surface area contributed by atoms with Crippen LogP contribution in [0.3, 0.4) is 0 Å². The number of nitrogens with two attached hydrogens (primary N) is 1. The molecule has 0 bridgehead atoms. The summed E-state index contributed by atoms with van der Waals surface area (Å²) in [5.41, 5.74) is 7.60. The molecule has 0 aliphatic heterocycles. The van der Waals surface area contributed by atoms with E-state index in [4.69, 9.17) is 5.73 Å². The molecule has 1 aromatic carbocycles. The number of benzene rings is 1. The van der Waals surface area contributed by atoms with Gasteiger partial charge in [-0.15, -0.1) is 11.3 Å². The van der Waals surface area contributed by atoms with E-state index in [1.165, 1.54) is 0 Å². The SMILES string of the molecule is Nc1nc2ccccc2n1N=Cc1cccs1. The van der Waals surface area contributed by atoms with E-state index < -0.39 is 0 Å². The van der Waals surface area contributed by atoms with Gasteiger partial charge in [0.05, 0.1) is 17.2 Å². The zero-order chi connectivity index (χ0) is 11.7. The van der Waals surface area contributed by atoms with Crippen molar-refractivity contribution >= 4 is 34.5 Å². The highest BCUT2D eigenvalue weighted by Crippen LogP contribution is 2.17. The van der Waals surface area contributed by atoms with Crippen molar-refractivity contribution in [1.82, 2.24) is 9.66 Å². The normalized spacial score (nSPS) is 11.5. The number of nitrogen functional groups attached to an aromatic ring is 1. The van der Waals surface area contributed by atoms with Crippen molar-refractivity contribution in [3.8, 4) is 0 Å². The average Bonchev–Trinajstić information content (AvgIpc) is 2.93. The molecule has 0 radical (unpaired) electrons. The first-order valence-electron chi connectivity index (χ1n) is 5.15. The summed E-state index contributed by atoms with van der Waals surface area (Å²) < 4.78 is 1.65. The minimum atomic E-state index is 0.402. The molecule has 0 saturated heterocycles. The Morgan fingerprint density at radius 3 is 2.94 bits per heavy atom. The Morgan fingerprint density at radius 1 is 1.24 bits per heavy atom. The van der Waals surface area contributed by atoms with Gasteiger partial charge in [-0.2, -0.15) is 9.78 Å². The standard InChI is InChI=1S/C12H10N4S/c13-12-15-10-5-1-2-6-11(10)16(12)14-8-9-4-3-7-17-9/h1-8H,(H2,13,15). The third-order valence-electron chi connectivity index (χ3n) is 2.41. The van der Waals surface area contributed by atoms with Crippen LogP contribution in [0.15, 0.2) is 46.9 Å². The molecule has 2 aromatic heterocycles. The molecule has 0 fully saturated rings. The summed E-state index contributed by atoms with van der Waals surface area (Å²) >= 11 is 1.63. The Morgan fingerprint density at radius 2 is 2.12 bits per heavy atom. The molecule has 0 saturated carbocycles. The van der Waals surface area contributed by atoms with Crippen LogP contribution in [0.2, 0.25) is 0 Å². The monoisotopic (exact) mass is 242 g/mol. The van der Waals surface area contributed by atoms with Crippen molar-refractivity contribution in [2.24, 2.45) is 5.10 Å². The second kappa shape index (κ2) is 4.03. The van der Waals surface area contributed by atoms with E-state index in [1.807, 2.05) is 41.8 Å². The average molecular weight is 242 g/mol. The lowest BCUT2D eigenvalue weighted by Crippen LogP contribution is -1.97. The largest absolute Gasteiger partial charge is 0.368 e. The molecule has 3 rings (SSSR count). The first-order valence-corrected chi connectivity index (χ1v) is 6.03. The second-order valence-corrected chi connectivity index (χ2v) is 4.51. The summed E-state index contributed by atoms with van der Waals surface area (Å²) in [4.78, 5) is 5.33. The van der Waals surface area contributed by atoms with E-state index in [9.17, 15) is 0 Å². The van der Waals surface area contributed by atoms with Gasteiger partial charge in [0.25, 0.3) is 0 Å². The summed E-state index contributed by atoms with van der Waals surface area (Å²) in [6.07, 6.45) is 1.79. The lowest BCUT2D eigenvalue weighted by atomic mass is 10.3. The van der Waals surface area contributed by atoms with Gasteiger partial charge in [0.1, 0.15) is 0 Å². The molecule has 0 amide bonds. The van der Waals surface area contributed by atoms with Gasteiger partial charge < -0.3 is 5.73 Å². The number of nitrogens with zero attached hydrogens (tertiary/aromatic N) is 3. The van der Waals surface area contributed by atoms with Crippen LogP contribution in [0.1, 0.15) is 4.88 Å². The van der Waals surface area contributed by atoms with Crippen LogP contribution >= 0.6 is 11.3 Å². The fraction of sp³-hybridized carbons (Fsp3) is 0. The van der Waals surface area contributed by atoms with Gasteiger partial charge in [-0.1, -0.05) is 18.2 Å². The second-order valence-electron chi connectivity index (χ2n) is 3.53. The van der Waals surface area contributed by atoms with Crippen molar-refractivity contribution in [3.63, 3.8) is 0 Å². The summed E-state index contributed by atoms with van der Waals surface area (Å²) in [6.45, 7) is 0. The maximum atomic E-state index is 5.83. The Kier molecular flexibility index (Phi) is 2.38. The Labute approximate surface area is 102 Å². The molecule has 0 aliphatic rings. The maximum Gasteiger partial charge on any atom is 0.222 e. The molecular formula is C12H10N4S. The molecular weight excluding hydrogens is 232 g/mol. The van der Waals surface area contributed by atoms with Gasteiger partial charge in [0, 0.05) is 4.88 Å². The van der Waals surface area contributed by atoms with Gasteiger partial charge in [0.2, 0.25) is 5.95 Å². The number of fused-ring (bicyclic) bond motifs is 1. The van der Waals surface area contributed by atoms with Crippen LogP contribution in [-0.4, -0.2) is 15.9 Å². The fourth-order valence-electron chi connectivity index (χ4n) is 1.63. The zero-order valence-electron chi connectivity index (χ0n) is 8.95. The van der Waals surface area contributed by atoms with E-state index >= 15 is 0 Å². The molecule has 0 atom stereocenters. The van der Waals surface area contributed by atoms with Crippen molar-refractivity contribution in [2.45, 2.75) is 0 Å². The fourth-order valence-corrected chi connectivity index (χ4v) is 2.21. The van der Waals surface area contributed by atoms with Crippen LogP contribution < -0.4 is 5.73 Å². The van der Waals surface area contributed by atoms with Crippen molar-refractivity contribution < 1.29 is 0 Å². The molecule has 4 nitrogen and oxygen atoms in total. The molecule has 84 valence electrons. The van der Waals surface area contributed by atoms with E-state index in [0.29, 0.717) is 5.95 Å². The third kappa shape index (κ3) is 1.81. The number of aromatic nitrogens is 2. The first kappa shape index (κ1) is 10.0. The van der Waals surface area contributed by atoms with E-state index in [-0.39, 0.29) is 0 Å². The highest BCUT2D eigenvalue weighted by atomic mass is 32.1. The number of hydrogen-bond acceptors (Lipinski definition) is 4. The Hall–Kier alpha value is -2.14. The summed E-state index contributed by atoms with van der Waals surface area (Å²) in [6, 6.07) is 11.7. The van der Waals surface area contributed by atoms with Gasteiger partial charge in [0.15, 0.2) is 0 Å². The molecule has 2 heterocycles. The van der Waals surface area contributed by atoms with Crippen LogP contribution in [0.4, 0.5) is 5.95 Å². The highest BCUT2D eigenvalue weighted by molar-refractivity contribution is 7.11. The van der Waals surface area contributed by atoms with Crippen molar-refractivity contribution in [2.75, 3.05) is 5.73 Å². The van der Waals surface area contributed by atoms with Gasteiger partial charge >= 0.3 is 0 Å². The summed E-state index contributed by atoms with van der Waals surface area (Å²) in [5.74, 6) is 0.402. The summed E-state index contributed by atoms with van der Waals surface area (Å²) in [7, 11) is 0. The predicted molar refractivity (Wildman–Crippen MR) is 71.5 cm³/mol. The van der Waals surface area contributed by atoms with Gasteiger partial charge in [-0.25, -0.2) is 4.98 Å². The van der Waals surface area contributed by atoms with Gasteiger partial charge in [-0.05, 0) is 23.6 Å². The Balaban J connectivity index is 2.08. The highest BCUT2D eigenvalue weighted by Gasteiger charge is 2.05.